The molecule has 0 saturated carbocycles. The number of nitrogens with one attached hydrogen (secondary N) is 1. The number of hydrogen-bond acceptors (Lipinski definition) is 3. The van der Waals surface area contributed by atoms with Gasteiger partial charge in [0, 0.05) is 24.2 Å². The van der Waals surface area contributed by atoms with Crippen LogP contribution in [0.15, 0.2) is 18.2 Å². The lowest BCUT2D eigenvalue weighted by Crippen LogP contribution is -2.52. The second kappa shape index (κ2) is 6.52. The van der Waals surface area contributed by atoms with Gasteiger partial charge in [-0.3, -0.25) is 4.79 Å². The molecule has 21 heavy (non-hydrogen) atoms. The summed E-state index contributed by atoms with van der Waals surface area (Å²) in [6.07, 6.45) is 5.72. The van der Waals surface area contributed by atoms with Crippen LogP contribution < -0.4 is 5.32 Å². The summed E-state index contributed by atoms with van der Waals surface area (Å²) in [5.74, 6) is 0.245. The van der Waals surface area contributed by atoms with E-state index in [2.05, 4.69) is 27.9 Å². The first-order valence-electron chi connectivity index (χ1n) is 7.69. The van der Waals surface area contributed by atoms with E-state index in [0.29, 0.717) is 17.6 Å². The van der Waals surface area contributed by atoms with E-state index < -0.39 is 0 Å². The molecule has 2 N–H and O–H groups in total. The smallest absolute Gasteiger partial charge is 0.254 e. The molecule has 114 valence electrons. The average Bonchev–Trinajstić information content (AvgIpc) is 3.03. The van der Waals surface area contributed by atoms with Crippen molar-refractivity contribution in [2.75, 3.05) is 13.1 Å². The Labute approximate surface area is 139 Å². The zero-order valence-electron chi connectivity index (χ0n) is 12.0. The van der Waals surface area contributed by atoms with Crippen LogP contribution in [0.3, 0.4) is 0 Å². The summed E-state index contributed by atoms with van der Waals surface area (Å²) in [6.45, 7) is 1.89. The molecule has 0 radical (unpaired) electrons. The van der Waals surface area contributed by atoms with Crippen molar-refractivity contribution < 1.29 is 9.90 Å². The Bertz CT molecular complexity index is 529. The van der Waals surface area contributed by atoms with Crippen LogP contribution in [0.1, 0.15) is 42.5 Å². The van der Waals surface area contributed by atoms with Crippen LogP contribution in [0.2, 0.25) is 0 Å². The molecule has 0 aliphatic carbocycles. The van der Waals surface area contributed by atoms with Gasteiger partial charge < -0.3 is 15.3 Å². The molecule has 0 spiro atoms. The second-order valence-corrected chi connectivity index (χ2v) is 7.09. The van der Waals surface area contributed by atoms with Gasteiger partial charge in [-0.15, -0.1) is 0 Å². The SMILES string of the molecule is O=C(c1ccc(I)c(O)c1)N1CCCCC1C1CCCN1. The maximum Gasteiger partial charge on any atom is 0.254 e. The summed E-state index contributed by atoms with van der Waals surface area (Å²) >= 11 is 2.07. The number of amides is 1. The minimum absolute atomic E-state index is 0.0556. The second-order valence-electron chi connectivity index (χ2n) is 5.93. The molecule has 2 atom stereocenters. The van der Waals surface area contributed by atoms with Crippen LogP contribution in [0.25, 0.3) is 0 Å². The van der Waals surface area contributed by atoms with Crippen molar-refractivity contribution in [3.8, 4) is 5.75 Å². The molecule has 0 aromatic heterocycles. The van der Waals surface area contributed by atoms with Gasteiger partial charge in [0.2, 0.25) is 0 Å². The number of hydrogen-bond donors (Lipinski definition) is 2. The Kier molecular flexibility index (Phi) is 4.69. The molecule has 4 nitrogen and oxygen atoms in total. The van der Waals surface area contributed by atoms with Gasteiger partial charge in [0.15, 0.2) is 0 Å². The van der Waals surface area contributed by atoms with Crippen LogP contribution in [-0.2, 0) is 0 Å². The van der Waals surface area contributed by atoms with Gasteiger partial charge in [-0.05, 0) is 79.4 Å². The Balaban J connectivity index is 1.81. The monoisotopic (exact) mass is 400 g/mol. The first-order chi connectivity index (χ1) is 10.2. The predicted octanol–water partition coefficient (Wildman–Crippen LogP) is 2.74. The van der Waals surface area contributed by atoms with Crippen molar-refractivity contribution in [2.45, 2.75) is 44.2 Å². The minimum Gasteiger partial charge on any atom is -0.507 e. The van der Waals surface area contributed by atoms with Crippen molar-refractivity contribution in [1.29, 1.82) is 0 Å². The third-order valence-corrected chi connectivity index (χ3v) is 5.48. The molecule has 0 bridgehead atoms. The quantitative estimate of drug-likeness (QED) is 0.751. The van der Waals surface area contributed by atoms with Crippen LogP contribution >= 0.6 is 22.6 Å². The topological polar surface area (TPSA) is 52.6 Å². The lowest BCUT2D eigenvalue weighted by Gasteiger charge is -2.39. The molecule has 1 amide bonds. The lowest BCUT2D eigenvalue weighted by molar-refractivity contribution is 0.0563. The number of nitrogens with zero attached hydrogens (tertiary/aromatic N) is 1. The number of aromatic hydroxyl groups is 1. The first-order valence-corrected chi connectivity index (χ1v) is 8.77. The molecule has 2 aliphatic heterocycles. The van der Waals surface area contributed by atoms with Crippen LogP contribution in [0.4, 0.5) is 0 Å². The molecule has 2 saturated heterocycles. The molecular weight excluding hydrogens is 379 g/mol. The van der Waals surface area contributed by atoms with Gasteiger partial charge in [-0.25, -0.2) is 0 Å². The Morgan fingerprint density at radius 2 is 2.14 bits per heavy atom. The fourth-order valence-corrected chi connectivity index (χ4v) is 3.81. The van der Waals surface area contributed by atoms with Crippen molar-refractivity contribution in [1.82, 2.24) is 10.2 Å². The number of rotatable bonds is 2. The Morgan fingerprint density at radius 1 is 1.29 bits per heavy atom. The molecule has 2 unspecified atom stereocenters. The number of halogens is 1. The molecule has 3 rings (SSSR count). The van der Waals surface area contributed by atoms with Crippen LogP contribution in [-0.4, -0.2) is 41.1 Å². The molecule has 2 aliphatic rings. The van der Waals surface area contributed by atoms with E-state index in [0.717, 1.165) is 35.9 Å². The van der Waals surface area contributed by atoms with E-state index in [1.807, 2.05) is 11.0 Å². The molecule has 2 heterocycles. The molecule has 1 aromatic rings. The van der Waals surface area contributed by atoms with Gasteiger partial charge in [-0.1, -0.05) is 0 Å². The van der Waals surface area contributed by atoms with Crippen molar-refractivity contribution >= 4 is 28.5 Å². The third kappa shape index (κ3) is 3.18. The molecule has 1 aromatic carbocycles. The summed E-state index contributed by atoms with van der Waals surface area (Å²) in [6, 6.07) is 5.95. The van der Waals surface area contributed by atoms with Crippen molar-refractivity contribution in [3.05, 3.63) is 27.3 Å². The summed E-state index contributed by atoms with van der Waals surface area (Å²) in [4.78, 5) is 14.8. The molecular formula is C16H21IN2O2. The Morgan fingerprint density at radius 3 is 2.86 bits per heavy atom. The van der Waals surface area contributed by atoms with Crippen molar-refractivity contribution in [3.63, 3.8) is 0 Å². The summed E-state index contributed by atoms with van der Waals surface area (Å²) in [5.41, 5.74) is 0.595. The van der Waals surface area contributed by atoms with E-state index in [1.54, 1.807) is 12.1 Å². The Hall–Kier alpha value is -0.820. The standard InChI is InChI=1S/C16H21IN2O2/c17-12-7-6-11(10-15(12)20)16(21)19-9-2-1-5-14(19)13-4-3-8-18-13/h6-7,10,13-14,18,20H,1-5,8-9H2. The predicted molar refractivity (Wildman–Crippen MR) is 90.5 cm³/mol. The zero-order valence-corrected chi connectivity index (χ0v) is 14.2. The lowest BCUT2D eigenvalue weighted by atomic mass is 9.93. The number of piperidine rings is 1. The molecule has 2 fully saturated rings. The number of phenols is 1. The van der Waals surface area contributed by atoms with Gasteiger partial charge in [-0.2, -0.15) is 0 Å². The van der Waals surface area contributed by atoms with Gasteiger partial charge in [0.1, 0.15) is 5.75 Å². The summed E-state index contributed by atoms with van der Waals surface area (Å²) in [5, 5.41) is 13.4. The zero-order chi connectivity index (χ0) is 14.8. The average molecular weight is 400 g/mol. The number of carbonyl (C=O) groups is 1. The highest BCUT2D eigenvalue weighted by Gasteiger charge is 2.34. The maximum absolute atomic E-state index is 12.8. The van der Waals surface area contributed by atoms with E-state index in [-0.39, 0.29) is 11.7 Å². The minimum atomic E-state index is 0.0556. The maximum atomic E-state index is 12.8. The van der Waals surface area contributed by atoms with Gasteiger partial charge in [0.25, 0.3) is 5.91 Å². The fourth-order valence-electron chi connectivity index (χ4n) is 3.48. The van der Waals surface area contributed by atoms with Crippen LogP contribution in [0.5, 0.6) is 5.75 Å². The number of likely N-dealkylation sites (tertiary alicyclic amines) is 1. The normalized spacial score (nSPS) is 26.0. The fraction of sp³-hybridized carbons (Fsp3) is 0.562. The largest absolute Gasteiger partial charge is 0.507 e. The van der Waals surface area contributed by atoms with Crippen molar-refractivity contribution in [2.24, 2.45) is 0 Å². The van der Waals surface area contributed by atoms with Gasteiger partial charge >= 0.3 is 0 Å². The molecule has 5 heteroatoms. The number of benzene rings is 1. The van der Waals surface area contributed by atoms with Crippen LogP contribution in [0, 0.1) is 3.57 Å². The first kappa shape index (κ1) is 15.1. The van der Waals surface area contributed by atoms with E-state index in [1.165, 1.54) is 12.8 Å². The number of phenolic OH excluding ortho intramolecular Hbond substituents is 1. The third-order valence-electron chi connectivity index (χ3n) is 4.57. The van der Waals surface area contributed by atoms with Gasteiger partial charge in [0.05, 0.1) is 3.57 Å². The van der Waals surface area contributed by atoms with E-state index in [4.69, 9.17) is 0 Å². The van der Waals surface area contributed by atoms with E-state index in [9.17, 15) is 9.90 Å². The highest BCUT2D eigenvalue weighted by atomic mass is 127. The summed E-state index contributed by atoms with van der Waals surface area (Å²) in [7, 11) is 0. The highest BCUT2D eigenvalue weighted by molar-refractivity contribution is 14.1. The number of carbonyl (C=O) groups excluding carboxylic acids is 1. The highest BCUT2D eigenvalue weighted by Crippen LogP contribution is 2.27. The van der Waals surface area contributed by atoms with E-state index >= 15 is 0 Å². The summed E-state index contributed by atoms with van der Waals surface area (Å²) < 4.78 is 0.775.